The van der Waals surface area contributed by atoms with Gasteiger partial charge >= 0.3 is 7.60 Å². The first-order valence-electron chi connectivity index (χ1n) is 4.95. The molecule has 1 aromatic carbocycles. The second kappa shape index (κ2) is 4.21. The molecule has 2 N–H and O–H groups in total. The summed E-state index contributed by atoms with van der Waals surface area (Å²) in [7, 11) is -4.23. The van der Waals surface area contributed by atoms with Gasteiger partial charge in [0.15, 0.2) is 0 Å². The van der Waals surface area contributed by atoms with E-state index in [1.165, 1.54) is 6.07 Å². The molecule has 0 heterocycles. The van der Waals surface area contributed by atoms with Crippen molar-refractivity contribution in [2.45, 2.75) is 33.3 Å². The van der Waals surface area contributed by atoms with E-state index in [2.05, 4.69) is 0 Å². The highest BCUT2D eigenvalue weighted by atomic mass is 31.2. The minimum Gasteiger partial charge on any atom is -0.488 e. The maximum atomic E-state index is 11.2. The van der Waals surface area contributed by atoms with Gasteiger partial charge in [0.2, 0.25) is 0 Å². The maximum absolute atomic E-state index is 11.2. The van der Waals surface area contributed by atoms with Gasteiger partial charge in [-0.05, 0) is 45.4 Å². The lowest BCUT2D eigenvalue weighted by molar-refractivity contribution is 0.131. The highest BCUT2D eigenvalue weighted by molar-refractivity contribution is 7.60. The molecule has 0 saturated heterocycles. The van der Waals surface area contributed by atoms with Crippen molar-refractivity contribution in [2.75, 3.05) is 0 Å². The summed E-state index contributed by atoms with van der Waals surface area (Å²) in [6.07, 6.45) is 0. The normalized spacial score (nSPS) is 12.6. The van der Waals surface area contributed by atoms with Crippen LogP contribution in [0.1, 0.15) is 26.3 Å². The molecule has 0 fully saturated rings. The maximum Gasteiger partial charge on any atom is 0.356 e. The van der Waals surface area contributed by atoms with Gasteiger partial charge < -0.3 is 14.5 Å². The fourth-order valence-electron chi connectivity index (χ4n) is 1.32. The Morgan fingerprint density at radius 3 is 2.25 bits per heavy atom. The van der Waals surface area contributed by atoms with E-state index in [1.54, 1.807) is 19.1 Å². The molecule has 0 aliphatic heterocycles. The third kappa shape index (κ3) is 3.63. The van der Waals surface area contributed by atoms with Gasteiger partial charge in [-0.1, -0.05) is 6.07 Å². The lowest BCUT2D eigenvalue weighted by atomic mass is 10.2. The second-order valence-electron chi connectivity index (χ2n) is 4.71. The Morgan fingerprint density at radius 1 is 1.25 bits per heavy atom. The Balaban J connectivity index is 3.14. The van der Waals surface area contributed by atoms with Gasteiger partial charge in [0.25, 0.3) is 0 Å². The van der Waals surface area contributed by atoms with Gasteiger partial charge in [0.05, 0.1) is 5.30 Å². The number of aryl methyl sites for hydroxylation is 1. The summed E-state index contributed by atoms with van der Waals surface area (Å²) in [4.78, 5) is 18.3. The van der Waals surface area contributed by atoms with Crippen molar-refractivity contribution in [3.63, 3.8) is 0 Å². The standard InChI is InChI=1S/C11H17O4P/c1-8-5-6-9(15-11(2,3)4)7-10(8)16(12,13)14/h5-7H,1-4H3,(H2,12,13,14). The Morgan fingerprint density at radius 2 is 1.81 bits per heavy atom. The van der Waals surface area contributed by atoms with Crippen LogP contribution in [0.4, 0.5) is 0 Å². The third-order valence-electron chi connectivity index (χ3n) is 1.92. The van der Waals surface area contributed by atoms with E-state index in [4.69, 9.17) is 14.5 Å². The summed E-state index contributed by atoms with van der Waals surface area (Å²) in [5.74, 6) is 0.469. The zero-order chi connectivity index (χ0) is 12.6. The molecule has 0 bridgehead atoms. The van der Waals surface area contributed by atoms with Gasteiger partial charge in [-0.15, -0.1) is 0 Å². The Kier molecular flexibility index (Phi) is 3.48. The highest BCUT2D eigenvalue weighted by Crippen LogP contribution is 2.36. The first-order chi connectivity index (χ1) is 7.09. The largest absolute Gasteiger partial charge is 0.488 e. The molecule has 4 nitrogen and oxygen atoms in total. The molecular weight excluding hydrogens is 227 g/mol. The zero-order valence-corrected chi connectivity index (χ0v) is 10.8. The molecule has 0 aromatic heterocycles. The van der Waals surface area contributed by atoms with Crippen molar-refractivity contribution >= 4 is 12.9 Å². The number of ether oxygens (including phenoxy) is 1. The van der Waals surface area contributed by atoms with Crippen LogP contribution in [0.5, 0.6) is 5.75 Å². The van der Waals surface area contributed by atoms with E-state index < -0.39 is 7.60 Å². The molecular formula is C11H17O4P. The van der Waals surface area contributed by atoms with E-state index in [1.807, 2.05) is 20.8 Å². The van der Waals surface area contributed by atoms with Crippen LogP contribution in [0, 0.1) is 6.92 Å². The lowest BCUT2D eigenvalue weighted by Gasteiger charge is -2.22. The molecule has 0 aliphatic rings. The van der Waals surface area contributed by atoms with Gasteiger partial charge in [0, 0.05) is 0 Å². The third-order valence-corrected chi connectivity index (χ3v) is 3.03. The summed E-state index contributed by atoms with van der Waals surface area (Å²) < 4.78 is 16.8. The number of hydrogen-bond donors (Lipinski definition) is 2. The van der Waals surface area contributed by atoms with Gasteiger partial charge in [-0.2, -0.15) is 0 Å². The lowest BCUT2D eigenvalue weighted by Crippen LogP contribution is -2.23. The van der Waals surface area contributed by atoms with Crippen LogP contribution in [0.15, 0.2) is 18.2 Å². The summed E-state index contributed by atoms with van der Waals surface area (Å²) in [6.45, 7) is 7.30. The summed E-state index contributed by atoms with van der Waals surface area (Å²) in [5, 5.41) is 0.0225. The summed E-state index contributed by atoms with van der Waals surface area (Å²) in [6, 6.07) is 4.76. The van der Waals surface area contributed by atoms with Gasteiger partial charge in [0.1, 0.15) is 11.4 Å². The topological polar surface area (TPSA) is 66.8 Å². The van der Waals surface area contributed by atoms with Gasteiger partial charge in [-0.25, -0.2) is 0 Å². The molecule has 5 heteroatoms. The number of benzene rings is 1. The predicted octanol–water partition coefficient (Wildman–Crippen LogP) is 1.98. The summed E-state index contributed by atoms with van der Waals surface area (Å²) >= 11 is 0. The quantitative estimate of drug-likeness (QED) is 0.780. The average molecular weight is 244 g/mol. The van der Waals surface area contributed by atoms with Crippen molar-refractivity contribution in [1.29, 1.82) is 0 Å². The van der Waals surface area contributed by atoms with Crippen molar-refractivity contribution in [3.05, 3.63) is 23.8 Å². The van der Waals surface area contributed by atoms with E-state index in [-0.39, 0.29) is 10.9 Å². The fourth-order valence-corrected chi connectivity index (χ4v) is 2.15. The van der Waals surface area contributed by atoms with Crippen molar-refractivity contribution < 1.29 is 19.1 Å². The molecule has 0 amide bonds. The van der Waals surface area contributed by atoms with Crippen molar-refractivity contribution in [2.24, 2.45) is 0 Å². The van der Waals surface area contributed by atoms with E-state index >= 15 is 0 Å². The monoisotopic (exact) mass is 244 g/mol. The number of rotatable bonds is 2. The van der Waals surface area contributed by atoms with E-state index in [0.717, 1.165) is 0 Å². The zero-order valence-electron chi connectivity index (χ0n) is 9.89. The molecule has 1 rings (SSSR count). The molecule has 0 saturated carbocycles. The molecule has 0 spiro atoms. The van der Waals surface area contributed by atoms with Crippen LogP contribution >= 0.6 is 7.60 Å². The average Bonchev–Trinajstić information content (AvgIpc) is 2.04. The van der Waals surface area contributed by atoms with Crippen LogP contribution in [0.2, 0.25) is 0 Å². The predicted molar refractivity (Wildman–Crippen MR) is 63.2 cm³/mol. The second-order valence-corrected chi connectivity index (χ2v) is 6.28. The van der Waals surface area contributed by atoms with Crippen LogP contribution in [0.3, 0.4) is 0 Å². The van der Waals surface area contributed by atoms with E-state index in [0.29, 0.717) is 11.3 Å². The minimum atomic E-state index is -4.23. The summed E-state index contributed by atoms with van der Waals surface area (Å²) in [5.41, 5.74) is 0.177. The first-order valence-corrected chi connectivity index (χ1v) is 6.56. The van der Waals surface area contributed by atoms with Crippen LogP contribution in [0.25, 0.3) is 0 Å². The first kappa shape index (κ1) is 13.2. The molecule has 0 radical (unpaired) electrons. The minimum absolute atomic E-state index is 0.0225. The SMILES string of the molecule is Cc1ccc(OC(C)(C)C)cc1P(=O)(O)O. The molecule has 1 aromatic rings. The number of hydrogen-bond acceptors (Lipinski definition) is 2. The van der Waals surface area contributed by atoms with Crippen LogP contribution < -0.4 is 10.0 Å². The molecule has 16 heavy (non-hydrogen) atoms. The Labute approximate surface area is 95.4 Å². The highest BCUT2D eigenvalue weighted by Gasteiger charge is 2.21. The smallest absolute Gasteiger partial charge is 0.356 e. The van der Waals surface area contributed by atoms with Gasteiger partial charge in [-0.3, -0.25) is 4.57 Å². The van der Waals surface area contributed by atoms with E-state index in [9.17, 15) is 4.57 Å². The van der Waals surface area contributed by atoms with Crippen molar-refractivity contribution in [1.82, 2.24) is 0 Å². The Hall–Kier alpha value is -0.830. The fraction of sp³-hybridized carbons (Fsp3) is 0.455. The Bertz CT molecular complexity index is 428. The molecule has 90 valence electrons. The molecule has 0 atom stereocenters. The van der Waals surface area contributed by atoms with Crippen LogP contribution in [-0.4, -0.2) is 15.4 Å². The molecule has 0 unspecified atom stereocenters. The molecule has 0 aliphatic carbocycles. The van der Waals surface area contributed by atoms with Crippen LogP contribution in [-0.2, 0) is 4.57 Å². The van der Waals surface area contributed by atoms with Crippen molar-refractivity contribution in [3.8, 4) is 5.75 Å².